The van der Waals surface area contributed by atoms with E-state index < -0.39 is 75.8 Å². The molecule has 2 aliphatic heterocycles. The fourth-order valence-electron chi connectivity index (χ4n) is 4.75. The molecule has 21 nitrogen and oxygen atoms in total. The van der Waals surface area contributed by atoms with Gasteiger partial charge in [0, 0.05) is 6.42 Å². The van der Waals surface area contributed by atoms with Crippen LogP contribution in [0.2, 0.25) is 0 Å². The van der Waals surface area contributed by atoms with Gasteiger partial charge in [0.2, 0.25) is 5.95 Å². The average molecular weight is 696 g/mol. The number of fused-ring (bicyclic) bond motifs is 2. The second-order valence-corrected chi connectivity index (χ2v) is 13.9. The van der Waals surface area contributed by atoms with Crippen LogP contribution in [0.3, 0.4) is 0 Å². The molecule has 0 aromatic carbocycles. The first-order valence-electron chi connectivity index (χ1n) is 12.4. The van der Waals surface area contributed by atoms with Crippen molar-refractivity contribution >= 4 is 72.1 Å². The van der Waals surface area contributed by atoms with E-state index in [2.05, 4.69) is 52.8 Å². The molecule has 6 rings (SSSR count). The Kier molecular flexibility index (Phi) is 8.58. The van der Waals surface area contributed by atoms with Crippen LogP contribution in [0.5, 0.6) is 0 Å². The monoisotopic (exact) mass is 695 g/mol. The molecule has 0 saturated carbocycles. The number of rotatable bonds is 10. The molecule has 9 atom stereocenters. The Labute approximate surface area is 254 Å². The molecule has 236 valence electrons. The first-order valence-corrected chi connectivity index (χ1v) is 17.3. The van der Waals surface area contributed by atoms with Gasteiger partial charge in [-0.1, -0.05) is 10.4 Å². The minimum Gasteiger partial charge on any atom is -0.394 e. The molecule has 4 aromatic rings. The van der Waals surface area contributed by atoms with Crippen LogP contribution >= 0.6 is 26.2 Å². The van der Waals surface area contributed by atoms with E-state index in [0.29, 0.717) is 0 Å². The normalized spacial score (nSPS) is 29.0. The van der Waals surface area contributed by atoms with Crippen molar-refractivity contribution in [3.8, 4) is 0 Å². The second-order valence-electron chi connectivity index (χ2n) is 9.42. The number of aromatic nitrogens is 10. The summed E-state index contributed by atoms with van der Waals surface area (Å²) in [6.45, 7) is -5.21. The van der Waals surface area contributed by atoms with Gasteiger partial charge in [0.1, 0.15) is 30.8 Å². The number of H-pyrrole nitrogens is 1. The molecule has 3 unspecified atom stereocenters. The number of aliphatic hydroxyl groups is 1. The molecule has 0 amide bonds. The number of hydrogen-bond acceptors (Lipinski definition) is 18. The summed E-state index contributed by atoms with van der Waals surface area (Å²) in [5, 5.41) is 25.1. The van der Waals surface area contributed by atoms with Crippen molar-refractivity contribution in [1.29, 1.82) is 0 Å². The molecule has 2 aliphatic rings. The third kappa shape index (κ3) is 5.90. The van der Waals surface area contributed by atoms with Gasteiger partial charge in [0.25, 0.3) is 5.56 Å². The maximum atomic E-state index is 15.6. The van der Waals surface area contributed by atoms with Crippen molar-refractivity contribution in [1.82, 2.24) is 49.9 Å². The van der Waals surface area contributed by atoms with E-state index in [4.69, 9.17) is 46.3 Å². The summed E-state index contributed by atoms with van der Waals surface area (Å²) in [5.41, 5.74) is 10.7. The molecule has 0 aliphatic carbocycles. The quantitative estimate of drug-likeness (QED) is 0.0858. The molecule has 0 spiro atoms. The van der Waals surface area contributed by atoms with Crippen LogP contribution in [0.25, 0.3) is 22.3 Å². The van der Waals surface area contributed by atoms with Gasteiger partial charge < -0.3 is 40.0 Å². The number of nitrogens with zero attached hydrogens (tertiary/aromatic N) is 9. The van der Waals surface area contributed by atoms with Gasteiger partial charge in [0.15, 0.2) is 52.9 Å². The third-order valence-corrected chi connectivity index (χ3v) is 8.92. The number of ether oxygens (including phenoxy) is 2. The molecule has 0 bridgehead atoms. The summed E-state index contributed by atoms with van der Waals surface area (Å²) in [5.74, 6) is -0.215. The van der Waals surface area contributed by atoms with Crippen LogP contribution in [0.15, 0.2) is 11.1 Å². The van der Waals surface area contributed by atoms with E-state index in [0.717, 1.165) is 15.7 Å². The van der Waals surface area contributed by atoms with Gasteiger partial charge in [0.05, 0.1) is 19.3 Å². The van der Waals surface area contributed by atoms with E-state index in [1.165, 1.54) is 0 Å². The SMILES string of the molecule is Nc1nc2c(nnn2[C@@H]2O[C@H](CO)C[C@H]2OP(O)(=S)OCC2O[C@@H](n3nnc4c(N)ncnc43)[C@@H](F)[C@@H]2O[P+](=O)S)c(=O)[nH]1. The van der Waals surface area contributed by atoms with Gasteiger partial charge in [-0.25, -0.2) is 14.4 Å². The first-order chi connectivity index (χ1) is 21.0. The van der Waals surface area contributed by atoms with Crippen molar-refractivity contribution in [2.24, 2.45) is 0 Å². The molecule has 7 N–H and O–H groups in total. The Balaban J connectivity index is 1.20. The van der Waals surface area contributed by atoms with Gasteiger partial charge in [-0.05, 0) is 16.4 Å². The number of anilines is 2. The van der Waals surface area contributed by atoms with Gasteiger partial charge in [-0.3, -0.25) is 9.78 Å². The van der Waals surface area contributed by atoms with Crippen molar-refractivity contribution in [3.63, 3.8) is 0 Å². The van der Waals surface area contributed by atoms with Crippen LogP contribution in [0.1, 0.15) is 18.9 Å². The molecule has 2 fully saturated rings. The van der Waals surface area contributed by atoms with Gasteiger partial charge >= 0.3 is 13.9 Å². The molecular weight excluding hydrogens is 673 g/mol. The number of nitrogens with one attached hydrogen (secondary N) is 1. The van der Waals surface area contributed by atoms with Crippen molar-refractivity contribution in [2.75, 3.05) is 24.7 Å². The zero-order valence-corrected chi connectivity index (χ0v) is 25.3. The lowest BCUT2D eigenvalue weighted by Gasteiger charge is -2.25. The first kappa shape index (κ1) is 31.1. The highest BCUT2D eigenvalue weighted by atomic mass is 32.7. The summed E-state index contributed by atoms with van der Waals surface area (Å²) in [4.78, 5) is 37.3. The summed E-state index contributed by atoms with van der Waals surface area (Å²) >= 11 is 8.91. The van der Waals surface area contributed by atoms with Crippen LogP contribution in [0.4, 0.5) is 16.2 Å². The van der Waals surface area contributed by atoms with Gasteiger partial charge in [-0.2, -0.15) is 14.3 Å². The minimum absolute atomic E-state index is 0.00136. The maximum absolute atomic E-state index is 15.6. The van der Waals surface area contributed by atoms with Crippen LogP contribution in [-0.2, 0) is 39.4 Å². The van der Waals surface area contributed by atoms with Crippen molar-refractivity contribution in [3.05, 3.63) is 16.7 Å². The summed E-state index contributed by atoms with van der Waals surface area (Å²) in [6, 6.07) is 0. The number of nitrogens with two attached hydrogens (primary N) is 2. The third-order valence-electron chi connectivity index (χ3n) is 6.62. The number of hydrogen-bond donors (Lipinski definition) is 6. The Hall–Kier alpha value is -2.89. The highest BCUT2D eigenvalue weighted by Crippen LogP contribution is 2.51. The Bertz CT molecular complexity index is 1830. The number of nitrogen functional groups attached to an aromatic ring is 2. The minimum atomic E-state index is -4.18. The number of aliphatic hydroxyl groups excluding tert-OH is 1. The van der Waals surface area contributed by atoms with E-state index >= 15 is 4.39 Å². The van der Waals surface area contributed by atoms with Crippen LogP contribution in [-0.4, -0.2) is 104 Å². The number of thiol groups is 1. The van der Waals surface area contributed by atoms with E-state index in [1.807, 2.05) is 0 Å². The lowest BCUT2D eigenvalue weighted by molar-refractivity contribution is -0.0599. The Morgan fingerprint density at radius 3 is 2.66 bits per heavy atom. The fourth-order valence-corrected chi connectivity index (χ4v) is 6.98. The second kappa shape index (κ2) is 12.1. The molecule has 4 aromatic heterocycles. The molecule has 0 radical (unpaired) electrons. The number of alkyl halides is 1. The number of aromatic amines is 1. The molecule has 44 heavy (non-hydrogen) atoms. The predicted molar refractivity (Wildman–Crippen MR) is 151 cm³/mol. The zero-order chi connectivity index (χ0) is 31.3. The summed E-state index contributed by atoms with van der Waals surface area (Å²) in [7, 11) is -2.61. The van der Waals surface area contributed by atoms with Crippen LogP contribution in [0, 0.1) is 0 Å². The predicted octanol–water partition coefficient (Wildman–Crippen LogP) is -0.980. The maximum Gasteiger partial charge on any atom is 0.582 e. The van der Waals surface area contributed by atoms with Crippen molar-refractivity contribution < 1.29 is 42.0 Å². The molecule has 6 heterocycles. The largest absolute Gasteiger partial charge is 0.582 e. The van der Waals surface area contributed by atoms with Gasteiger partial charge in [-0.15, -0.1) is 14.7 Å². The van der Waals surface area contributed by atoms with E-state index in [9.17, 15) is 19.4 Å². The van der Waals surface area contributed by atoms with E-state index in [1.54, 1.807) is 0 Å². The highest BCUT2D eigenvalue weighted by Gasteiger charge is 2.52. The van der Waals surface area contributed by atoms with Crippen LogP contribution < -0.4 is 17.0 Å². The summed E-state index contributed by atoms with van der Waals surface area (Å²) < 4.78 is 57.5. The van der Waals surface area contributed by atoms with E-state index in [-0.39, 0.29) is 40.5 Å². The lowest BCUT2D eigenvalue weighted by Crippen LogP contribution is -2.33. The Morgan fingerprint density at radius 2 is 1.93 bits per heavy atom. The lowest BCUT2D eigenvalue weighted by atomic mass is 10.1. The average Bonchev–Trinajstić information content (AvgIpc) is 3.73. The fraction of sp³-hybridized carbons (Fsp3) is 0.556. The zero-order valence-electron chi connectivity index (χ0n) is 21.8. The molecular formula is C18H22FN12O9P2S2+. The summed E-state index contributed by atoms with van der Waals surface area (Å²) in [6.07, 6.45) is -8.23. The topological polar surface area (TPSA) is 289 Å². The smallest absolute Gasteiger partial charge is 0.394 e. The molecule has 2 saturated heterocycles. The van der Waals surface area contributed by atoms with Crippen molar-refractivity contribution in [2.45, 2.75) is 49.5 Å². The number of halogens is 1. The molecule has 26 heteroatoms. The highest BCUT2D eigenvalue weighted by molar-refractivity contribution is 8.39. The Morgan fingerprint density at radius 1 is 1.20 bits per heavy atom. The standard InChI is InChI=1S/C18H21FN12O9P2S2/c19-8-11(39-41(34)43)7(38-17(8)30-13-9(26-28-30)12(20)22-4-23-13)3-36-42(35,44)40-6-1-5(2-32)37-16(6)31-14-10(27-29-31)15(33)25-18(21)24-14/h4-8,11,16-17,32H,1-3H2,(H6-,20,21,22,23,24,25,28,29,33,34,35,43,44)/p+1/t5-,6+,7?,8-,11+,16+,17+,42?/m0/s1.